The number of amides is 3. The number of carbonyl (C=O) groups is 3. The summed E-state index contributed by atoms with van der Waals surface area (Å²) >= 11 is 9.86. The molecule has 3 amide bonds. The van der Waals surface area contributed by atoms with Crippen molar-refractivity contribution in [1.29, 1.82) is 5.26 Å². The first kappa shape index (κ1) is 37.5. The van der Waals surface area contributed by atoms with Crippen LogP contribution in [0.25, 0.3) is 10.8 Å². The second-order valence-electron chi connectivity index (χ2n) is 11.3. The fraction of sp³-hybridized carbons (Fsp3) is 0.257. The topological polar surface area (TPSA) is 103 Å². The molecule has 0 unspecified atom stereocenters. The molecule has 4 aromatic rings. The molecule has 1 heterocycles. The second kappa shape index (κ2) is 15.5. The largest absolute Gasteiger partial charge is 0.484 e. The first-order chi connectivity index (χ1) is 22.8. The lowest BCUT2D eigenvalue weighted by molar-refractivity contribution is -0.153. The number of halogens is 6. The summed E-state index contributed by atoms with van der Waals surface area (Å²) in [4.78, 5) is 44.5. The van der Waals surface area contributed by atoms with Crippen molar-refractivity contribution in [3.63, 3.8) is 0 Å². The van der Waals surface area contributed by atoms with Gasteiger partial charge < -0.3 is 19.9 Å². The maximum Gasteiger partial charge on any atom is 0.422 e. The predicted octanol–water partition coefficient (Wildman–Crippen LogP) is 8.21. The van der Waals surface area contributed by atoms with E-state index < -0.39 is 42.5 Å². The molecule has 49 heavy (non-hydrogen) atoms. The lowest BCUT2D eigenvalue weighted by Crippen LogP contribution is -2.53. The Morgan fingerprint density at radius 2 is 1.80 bits per heavy atom. The van der Waals surface area contributed by atoms with Crippen LogP contribution in [-0.4, -0.2) is 43.1 Å². The normalized spacial score (nSPS) is 15.1. The molecule has 0 spiro atoms. The van der Waals surface area contributed by atoms with Gasteiger partial charge in [-0.3, -0.25) is 14.4 Å². The van der Waals surface area contributed by atoms with Crippen molar-refractivity contribution in [2.75, 3.05) is 23.0 Å². The van der Waals surface area contributed by atoms with Crippen LogP contribution in [0.3, 0.4) is 0 Å². The fourth-order valence-corrected chi connectivity index (χ4v) is 5.92. The van der Waals surface area contributed by atoms with E-state index in [1.165, 1.54) is 52.3 Å². The standard InChI is InChI=1S/C35H29BrClF3N4O4.ClH/c1-3-20(2)32(45)42-28-18-44(33(46)22-6-4-21(16-41)5-7-22)30-15-25(37)10-12-29(30)43(34(28)47)17-27-26-11-9-24(36)14-23(26)8-13-31(27)48-19-35(38,39)40;/h4-15,20,28H,3,17-19H2,1-2H3,(H,42,45);1H/t20-,28+;/m1./s1. The van der Waals surface area contributed by atoms with Crippen molar-refractivity contribution >= 4 is 79.8 Å². The number of rotatable bonds is 8. The van der Waals surface area contributed by atoms with E-state index in [-0.39, 0.29) is 58.8 Å². The number of hydrogen-bond donors (Lipinski definition) is 1. The summed E-state index contributed by atoms with van der Waals surface area (Å²) in [6.45, 7) is 1.44. The highest BCUT2D eigenvalue weighted by Gasteiger charge is 2.38. The van der Waals surface area contributed by atoms with E-state index in [2.05, 4.69) is 21.2 Å². The lowest BCUT2D eigenvalue weighted by Gasteiger charge is -2.28. The highest BCUT2D eigenvalue weighted by atomic mass is 79.9. The minimum absolute atomic E-state index is 0. The lowest BCUT2D eigenvalue weighted by atomic mass is 10.0. The predicted molar refractivity (Wildman–Crippen MR) is 187 cm³/mol. The molecule has 0 saturated carbocycles. The Balaban J connectivity index is 0.00000541. The molecule has 4 aromatic carbocycles. The quantitative estimate of drug-likeness (QED) is 0.194. The molecular formula is C35H30BrCl2F3N4O4. The summed E-state index contributed by atoms with van der Waals surface area (Å²) in [7, 11) is 0. The fourth-order valence-electron chi connectivity index (χ4n) is 5.37. The molecule has 8 nitrogen and oxygen atoms in total. The van der Waals surface area contributed by atoms with Gasteiger partial charge in [0.2, 0.25) is 5.91 Å². The zero-order chi connectivity index (χ0) is 34.7. The molecule has 0 saturated heterocycles. The number of alkyl halides is 3. The molecule has 1 N–H and O–H groups in total. The van der Waals surface area contributed by atoms with Crippen LogP contribution in [0.2, 0.25) is 5.02 Å². The summed E-state index contributed by atoms with van der Waals surface area (Å²) in [5.74, 6) is -2.06. The third kappa shape index (κ3) is 8.47. The van der Waals surface area contributed by atoms with E-state index in [0.717, 1.165) is 4.47 Å². The molecule has 1 aliphatic heterocycles. The van der Waals surface area contributed by atoms with Gasteiger partial charge in [-0.15, -0.1) is 12.4 Å². The van der Waals surface area contributed by atoms with E-state index in [4.69, 9.17) is 16.3 Å². The summed E-state index contributed by atoms with van der Waals surface area (Å²) in [5, 5.41) is 13.5. The van der Waals surface area contributed by atoms with Crippen molar-refractivity contribution in [2.45, 2.75) is 39.0 Å². The molecule has 0 aliphatic carbocycles. The van der Waals surface area contributed by atoms with Gasteiger partial charge in [0.05, 0.1) is 36.1 Å². The minimum Gasteiger partial charge on any atom is -0.484 e. The number of benzene rings is 4. The molecule has 0 fully saturated rings. The Labute approximate surface area is 300 Å². The summed E-state index contributed by atoms with van der Waals surface area (Å²) in [5.41, 5.74) is 1.33. The SMILES string of the molecule is CC[C@@H](C)C(=O)N[C@H]1CN(C(=O)c2ccc(C#N)cc2)c2cc(Cl)ccc2N(Cc2c(OCC(F)(F)F)ccc3cc(Br)ccc23)C1=O.Cl. The third-order valence-corrected chi connectivity index (χ3v) is 8.82. The van der Waals surface area contributed by atoms with E-state index >= 15 is 0 Å². The first-order valence-corrected chi connectivity index (χ1v) is 16.1. The van der Waals surface area contributed by atoms with Crippen molar-refractivity contribution in [3.8, 4) is 11.8 Å². The number of nitrogens with zero attached hydrogens (tertiary/aromatic N) is 3. The van der Waals surface area contributed by atoms with Gasteiger partial charge in [-0.1, -0.05) is 53.5 Å². The summed E-state index contributed by atoms with van der Waals surface area (Å²) in [6, 6.07) is 19.6. The Morgan fingerprint density at radius 3 is 2.45 bits per heavy atom. The molecular weight excluding hydrogens is 748 g/mol. The summed E-state index contributed by atoms with van der Waals surface area (Å²) < 4.78 is 46.0. The maximum atomic E-state index is 14.5. The van der Waals surface area contributed by atoms with Gasteiger partial charge in [0.1, 0.15) is 11.8 Å². The zero-order valence-corrected chi connectivity index (χ0v) is 29.3. The number of nitrogens with one attached hydrogen (secondary N) is 1. The summed E-state index contributed by atoms with van der Waals surface area (Å²) in [6.07, 6.45) is -4.13. The van der Waals surface area contributed by atoms with Gasteiger partial charge >= 0.3 is 6.18 Å². The second-order valence-corrected chi connectivity index (χ2v) is 12.7. The maximum absolute atomic E-state index is 14.5. The van der Waals surface area contributed by atoms with Crippen LogP contribution in [0.15, 0.2) is 77.3 Å². The Morgan fingerprint density at radius 1 is 1.08 bits per heavy atom. The molecule has 0 radical (unpaired) electrons. The van der Waals surface area contributed by atoms with Crippen molar-refractivity contribution < 1.29 is 32.3 Å². The van der Waals surface area contributed by atoms with Gasteiger partial charge in [-0.25, -0.2) is 0 Å². The van der Waals surface area contributed by atoms with E-state index in [0.29, 0.717) is 22.8 Å². The number of ether oxygens (including phenoxy) is 1. The van der Waals surface area contributed by atoms with E-state index in [1.807, 2.05) is 13.0 Å². The minimum atomic E-state index is -4.62. The smallest absolute Gasteiger partial charge is 0.422 e. The van der Waals surface area contributed by atoms with Crippen LogP contribution in [0.5, 0.6) is 5.75 Å². The first-order valence-electron chi connectivity index (χ1n) is 14.9. The number of fused-ring (bicyclic) bond motifs is 2. The van der Waals surface area contributed by atoms with Gasteiger partial charge in [-0.05, 0) is 77.9 Å². The zero-order valence-electron chi connectivity index (χ0n) is 26.2. The number of anilines is 2. The highest BCUT2D eigenvalue weighted by molar-refractivity contribution is 9.10. The van der Waals surface area contributed by atoms with E-state index in [1.54, 1.807) is 37.3 Å². The van der Waals surface area contributed by atoms with Gasteiger partial charge in [-0.2, -0.15) is 18.4 Å². The van der Waals surface area contributed by atoms with Crippen molar-refractivity contribution in [1.82, 2.24) is 5.32 Å². The molecule has 256 valence electrons. The van der Waals surface area contributed by atoms with E-state index in [9.17, 15) is 32.8 Å². The van der Waals surface area contributed by atoms with Crippen LogP contribution in [0.1, 0.15) is 41.8 Å². The van der Waals surface area contributed by atoms with Crippen LogP contribution in [0.4, 0.5) is 24.5 Å². The average molecular weight is 778 g/mol. The Kier molecular flexibility index (Phi) is 11.9. The van der Waals surface area contributed by atoms with Gasteiger partial charge in [0.15, 0.2) is 6.61 Å². The average Bonchev–Trinajstić information content (AvgIpc) is 3.16. The van der Waals surface area contributed by atoms with Gasteiger partial charge in [0.25, 0.3) is 11.8 Å². The van der Waals surface area contributed by atoms with Crippen LogP contribution in [-0.2, 0) is 16.1 Å². The molecule has 1 aliphatic rings. The van der Waals surface area contributed by atoms with Gasteiger partial charge in [0, 0.05) is 26.5 Å². The number of carbonyl (C=O) groups excluding carboxylic acids is 3. The van der Waals surface area contributed by atoms with Crippen molar-refractivity contribution in [2.24, 2.45) is 5.92 Å². The number of nitriles is 1. The van der Waals surface area contributed by atoms with Crippen LogP contribution >= 0.6 is 39.9 Å². The van der Waals surface area contributed by atoms with Crippen molar-refractivity contribution in [3.05, 3.63) is 99.0 Å². The monoisotopic (exact) mass is 776 g/mol. The number of hydrogen-bond acceptors (Lipinski definition) is 5. The Bertz CT molecular complexity index is 1940. The molecule has 0 bridgehead atoms. The molecule has 0 aromatic heterocycles. The molecule has 2 atom stereocenters. The molecule has 14 heteroatoms. The van der Waals surface area contributed by atoms with Crippen LogP contribution in [0, 0.1) is 17.2 Å². The third-order valence-electron chi connectivity index (χ3n) is 8.09. The highest BCUT2D eigenvalue weighted by Crippen LogP contribution is 2.40. The molecule has 5 rings (SSSR count). The van der Waals surface area contributed by atoms with Crippen LogP contribution < -0.4 is 19.9 Å². The Hall–Kier alpha value is -4.31.